The molecule has 3 nitrogen and oxygen atoms in total. The van der Waals surface area contributed by atoms with Gasteiger partial charge in [-0.1, -0.05) is 17.2 Å². The topological polar surface area (TPSA) is 34.1 Å². The molecular formula is C15H23ClN2O. The van der Waals surface area contributed by atoms with Gasteiger partial charge < -0.3 is 10.1 Å². The highest BCUT2D eigenvalue weighted by molar-refractivity contribution is 6.31. The van der Waals surface area contributed by atoms with Crippen molar-refractivity contribution in [2.75, 3.05) is 6.61 Å². The average molecular weight is 283 g/mol. The summed E-state index contributed by atoms with van der Waals surface area (Å²) in [6.45, 7) is 13.5. The third-order valence-electron chi connectivity index (χ3n) is 2.50. The first-order valence-corrected chi connectivity index (χ1v) is 6.82. The van der Waals surface area contributed by atoms with Crippen LogP contribution in [0.25, 0.3) is 0 Å². The molecule has 19 heavy (non-hydrogen) atoms. The van der Waals surface area contributed by atoms with Crippen molar-refractivity contribution in [3.63, 3.8) is 0 Å². The molecule has 106 valence electrons. The lowest BCUT2D eigenvalue weighted by molar-refractivity contribution is 0.308. The molecular weight excluding hydrogens is 260 g/mol. The molecule has 0 radical (unpaired) electrons. The van der Waals surface area contributed by atoms with Gasteiger partial charge in [-0.15, -0.1) is 6.58 Å². The van der Waals surface area contributed by atoms with E-state index in [-0.39, 0.29) is 5.54 Å². The normalized spacial score (nSPS) is 11.4. The van der Waals surface area contributed by atoms with Gasteiger partial charge in [-0.3, -0.25) is 0 Å². The van der Waals surface area contributed by atoms with Crippen LogP contribution in [0.3, 0.4) is 0 Å². The van der Waals surface area contributed by atoms with Gasteiger partial charge in [-0.2, -0.15) is 0 Å². The van der Waals surface area contributed by atoms with E-state index in [1.807, 2.05) is 13.0 Å². The second-order valence-electron chi connectivity index (χ2n) is 5.77. The molecule has 4 heteroatoms. The van der Waals surface area contributed by atoms with Crippen molar-refractivity contribution >= 4 is 11.6 Å². The summed E-state index contributed by atoms with van der Waals surface area (Å²) < 4.78 is 5.59. The fraction of sp³-hybridized carbons (Fsp3) is 0.533. The van der Waals surface area contributed by atoms with Crippen molar-refractivity contribution < 1.29 is 4.74 Å². The van der Waals surface area contributed by atoms with Crippen molar-refractivity contribution in [3.8, 4) is 5.88 Å². The average Bonchev–Trinajstić information content (AvgIpc) is 2.28. The van der Waals surface area contributed by atoms with Gasteiger partial charge in [0.25, 0.3) is 0 Å². The molecule has 1 aromatic heterocycles. The number of aromatic nitrogens is 1. The minimum absolute atomic E-state index is 0.0492. The highest BCUT2D eigenvalue weighted by Crippen LogP contribution is 2.20. The lowest BCUT2D eigenvalue weighted by Crippen LogP contribution is -2.35. The Balaban J connectivity index is 2.63. The van der Waals surface area contributed by atoms with Crippen LogP contribution in [0, 0.1) is 0 Å². The second-order valence-corrected chi connectivity index (χ2v) is 6.18. The number of pyridine rings is 1. The number of hydrogen-bond acceptors (Lipinski definition) is 3. The molecule has 0 amide bonds. The van der Waals surface area contributed by atoms with Gasteiger partial charge in [0.05, 0.1) is 11.6 Å². The van der Waals surface area contributed by atoms with Crippen LogP contribution in [0.5, 0.6) is 5.88 Å². The molecule has 0 aliphatic carbocycles. The molecule has 0 spiro atoms. The zero-order valence-corrected chi connectivity index (χ0v) is 13.0. The van der Waals surface area contributed by atoms with Crippen molar-refractivity contribution in [2.45, 2.75) is 46.2 Å². The van der Waals surface area contributed by atoms with Gasteiger partial charge in [0.1, 0.15) is 0 Å². The standard InChI is InChI=1S/C15H23ClN2O/c1-11(2)6-7-19-14-8-12(13(16)10-17-14)9-18-15(3,4)5/h8,10,18H,1,6-7,9H2,2-5H3. The first-order valence-electron chi connectivity index (χ1n) is 6.44. The zero-order valence-electron chi connectivity index (χ0n) is 12.2. The molecule has 0 bridgehead atoms. The van der Waals surface area contributed by atoms with E-state index in [0.717, 1.165) is 17.6 Å². The van der Waals surface area contributed by atoms with Crippen LogP contribution in [0.2, 0.25) is 5.02 Å². The van der Waals surface area contributed by atoms with Gasteiger partial charge >= 0.3 is 0 Å². The van der Waals surface area contributed by atoms with Crippen molar-refractivity contribution in [2.24, 2.45) is 0 Å². The fourth-order valence-electron chi connectivity index (χ4n) is 1.36. The fourth-order valence-corrected chi connectivity index (χ4v) is 1.53. The Morgan fingerprint density at radius 2 is 2.16 bits per heavy atom. The lowest BCUT2D eigenvalue weighted by atomic mass is 10.1. The van der Waals surface area contributed by atoms with E-state index in [4.69, 9.17) is 16.3 Å². The number of nitrogens with one attached hydrogen (secondary N) is 1. The summed E-state index contributed by atoms with van der Waals surface area (Å²) in [6, 6.07) is 1.89. The van der Waals surface area contributed by atoms with Crippen molar-refractivity contribution in [3.05, 3.63) is 35.0 Å². The molecule has 0 aliphatic heterocycles. The van der Waals surface area contributed by atoms with Gasteiger partial charge in [-0.25, -0.2) is 4.98 Å². The molecule has 0 atom stereocenters. The number of rotatable bonds is 6. The maximum absolute atomic E-state index is 6.14. The highest BCUT2D eigenvalue weighted by Gasteiger charge is 2.11. The summed E-state index contributed by atoms with van der Waals surface area (Å²) in [4.78, 5) is 4.17. The lowest BCUT2D eigenvalue weighted by Gasteiger charge is -2.21. The third-order valence-corrected chi connectivity index (χ3v) is 2.84. The van der Waals surface area contributed by atoms with E-state index in [1.165, 1.54) is 0 Å². The maximum Gasteiger partial charge on any atom is 0.213 e. The van der Waals surface area contributed by atoms with Crippen LogP contribution in [0.4, 0.5) is 0 Å². The van der Waals surface area contributed by atoms with E-state index in [1.54, 1.807) is 6.20 Å². The van der Waals surface area contributed by atoms with Gasteiger partial charge in [-0.05, 0) is 33.3 Å². The number of nitrogens with zero attached hydrogens (tertiary/aromatic N) is 1. The summed E-state index contributed by atoms with van der Waals surface area (Å²) in [7, 11) is 0. The molecule has 0 saturated carbocycles. The van der Waals surface area contributed by atoms with Gasteiger partial charge in [0, 0.05) is 30.8 Å². The molecule has 0 aromatic carbocycles. The molecule has 1 N–H and O–H groups in total. The van der Waals surface area contributed by atoms with Crippen LogP contribution in [0.15, 0.2) is 24.4 Å². The Bertz CT molecular complexity index is 438. The van der Waals surface area contributed by atoms with E-state index in [9.17, 15) is 0 Å². The summed E-state index contributed by atoms with van der Waals surface area (Å²) >= 11 is 6.14. The van der Waals surface area contributed by atoms with Gasteiger partial charge in [0.15, 0.2) is 0 Å². The Morgan fingerprint density at radius 1 is 1.47 bits per heavy atom. The molecule has 0 saturated heterocycles. The monoisotopic (exact) mass is 282 g/mol. The minimum Gasteiger partial charge on any atom is -0.477 e. The third kappa shape index (κ3) is 6.60. The first kappa shape index (κ1) is 16.0. The molecule has 1 aromatic rings. The predicted octanol–water partition coefficient (Wildman–Crippen LogP) is 3.97. The van der Waals surface area contributed by atoms with Crippen molar-refractivity contribution in [1.82, 2.24) is 10.3 Å². The van der Waals surface area contributed by atoms with E-state index in [2.05, 4.69) is 37.7 Å². The molecule has 1 rings (SSSR count). The van der Waals surface area contributed by atoms with E-state index >= 15 is 0 Å². The molecule has 1 heterocycles. The summed E-state index contributed by atoms with van der Waals surface area (Å²) in [5.74, 6) is 0.608. The van der Waals surface area contributed by atoms with E-state index < -0.39 is 0 Å². The number of ether oxygens (including phenoxy) is 1. The second kappa shape index (κ2) is 6.92. The van der Waals surface area contributed by atoms with Crippen LogP contribution in [-0.4, -0.2) is 17.1 Å². The van der Waals surface area contributed by atoms with Crippen LogP contribution in [-0.2, 0) is 6.54 Å². The Morgan fingerprint density at radius 3 is 2.74 bits per heavy atom. The summed E-state index contributed by atoms with van der Waals surface area (Å²) in [5, 5.41) is 4.06. The van der Waals surface area contributed by atoms with Crippen LogP contribution in [0.1, 0.15) is 39.7 Å². The molecule has 0 fully saturated rings. The van der Waals surface area contributed by atoms with Crippen molar-refractivity contribution in [1.29, 1.82) is 0 Å². The highest BCUT2D eigenvalue weighted by atomic mass is 35.5. The van der Waals surface area contributed by atoms with Gasteiger partial charge in [0.2, 0.25) is 5.88 Å². The quantitative estimate of drug-likeness (QED) is 0.802. The van der Waals surface area contributed by atoms with E-state index in [0.29, 0.717) is 24.1 Å². The van der Waals surface area contributed by atoms with Crippen LogP contribution >= 0.6 is 11.6 Å². The van der Waals surface area contributed by atoms with Crippen LogP contribution < -0.4 is 10.1 Å². The Kier molecular flexibility index (Phi) is 5.83. The molecule has 0 aliphatic rings. The Hall–Kier alpha value is -1.06. The molecule has 0 unspecified atom stereocenters. The smallest absolute Gasteiger partial charge is 0.213 e. The minimum atomic E-state index is 0.0492. The zero-order chi connectivity index (χ0) is 14.5. The Labute approximate surface area is 121 Å². The summed E-state index contributed by atoms with van der Waals surface area (Å²) in [5.41, 5.74) is 2.15. The SMILES string of the molecule is C=C(C)CCOc1cc(CNC(C)(C)C)c(Cl)cn1. The largest absolute Gasteiger partial charge is 0.477 e. The summed E-state index contributed by atoms with van der Waals surface area (Å²) in [6.07, 6.45) is 2.47. The predicted molar refractivity (Wildman–Crippen MR) is 80.8 cm³/mol. The number of hydrogen-bond donors (Lipinski definition) is 1. The number of halogens is 1. The maximum atomic E-state index is 6.14. The first-order chi connectivity index (χ1) is 8.78.